The lowest BCUT2D eigenvalue weighted by Gasteiger charge is -2.42. The number of aromatic amines is 1. The van der Waals surface area contributed by atoms with E-state index in [0.29, 0.717) is 12.6 Å². The first kappa shape index (κ1) is 20.1. The Morgan fingerprint density at radius 3 is 2.72 bits per heavy atom. The molecule has 0 unspecified atom stereocenters. The van der Waals surface area contributed by atoms with Crippen LogP contribution in [0.5, 0.6) is 0 Å². The summed E-state index contributed by atoms with van der Waals surface area (Å²) in [6.07, 6.45) is 8.87. The highest BCUT2D eigenvalue weighted by Crippen LogP contribution is 2.24. The molecule has 2 fully saturated rings. The molecule has 2 saturated heterocycles. The number of benzene rings is 1. The summed E-state index contributed by atoms with van der Waals surface area (Å²) in [7, 11) is 0. The Labute approximate surface area is 173 Å². The zero-order valence-electron chi connectivity index (χ0n) is 17.2. The molecule has 0 spiro atoms. The maximum absolute atomic E-state index is 12.6. The van der Waals surface area contributed by atoms with Gasteiger partial charge in [0.05, 0.1) is 12.2 Å². The Bertz CT molecular complexity index is 740. The van der Waals surface area contributed by atoms with Crippen molar-refractivity contribution in [3.63, 3.8) is 0 Å². The topological polar surface area (TPSA) is 64.3 Å². The molecule has 29 heavy (non-hydrogen) atoms. The number of hydrogen-bond donors (Lipinski definition) is 2. The van der Waals surface area contributed by atoms with E-state index >= 15 is 0 Å². The van der Waals surface area contributed by atoms with Crippen LogP contribution >= 0.6 is 0 Å². The first-order chi connectivity index (χ1) is 14.3. The van der Waals surface area contributed by atoms with Crippen LogP contribution < -0.4 is 5.32 Å². The summed E-state index contributed by atoms with van der Waals surface area (Å²) in [6.45, 7) is 6.08. The van der Waals surface area contributed by atoms with Gasteiger partial charge in [0.25, 0.3) is 0 Å². The molecule has 0 radical (unpaired) electrons. The molecular weight excluding hydrogens is 362 g/mol. The lowest BCUT2D eigenvalue weighted by atomic mass is 9.93. The van der Waals surface area contributed by atoms with Gasteiger partial charge >= 0.3 is 0 Å². The van der Waals surface area contributed by atoms with Gasteiger partial charge in [-0.3, -0.25) is 14.6 Å². The maximum Gasteiger partial charge on any atom is 0.224 e. The number of carbonyl (C=O) groups is 1. The van der Waals surface area contributed by atoms with Crippen LogP contribution in [0.1, 0.15) is 36.9 Å². The van der Waals surface area contributed by atoms with E-state index in [4.69, 9.17) is 0 Å². The number of imidazole rings is 1. The number of likely N-dealkylation sites (tertiary alicyclic amines) is 2. The predicted molar refractivity (Wildman–Crippen MR) is 114 cm³/mol. The van der Waals surface area contributed by atoms with Crippen molar-refractivity contribution in [3.05, 3.63) is 54.1 Å². The van der Waals surface area contributed by atoms with Gasteiger partial charge in [-0.05, 0) is 50.9 Å². The molecule has 6 heteroatoms. The minimum absolute atomic E-state index is 0.132. The molecule has 1 amide bonds. The summed E-state index contributed by atoms with van der Waals surface area (Å²) in [6, 6.07) is 11.4. The van der Waals surface area contributed by atoms with Crippen LogP contribution in [0.25, 0.3) is 0 Å². The van der Waals surface area contributed by atoms with Gasteiger partial charge in [-0.15, -0.1) is 0 Å². The van der Waals surface area contributed by atoms with Crippen molar-refractivity contribution in [2.45, 2.75) is 44.7 Å². The summed E-state index contributed by atoms with van der Waals surface area (Å²) in [5, 5.41) is 3.13. The number of carbonyl (C=O) groups excluding carboxylic acids is 1. The van der Waals surface area contributed by atoms with Gasteiger partial charge in [0, 0.05) is 44.0 Å². The Morgan fingerprint density at radius 1 is 1.14 bits per heavy atom. The second-order valence-corrected chi connectivity index (χ2v) is 8.44. The Hall–Kier alpha value is -2.18. The third-order valence-corrected chi connectivity index (χ3v) is 6.39. The van der Waals surface area contributed by atoms with Crippen molar-refractivity contribution in [1.82, 2.24) is 25.1 Å². The number of amides is 1. The number of aromatic nitrogens is 2. The highest BCUT2D eigenvalue weighted by atomic mass is 16.1. The van der Waals surface area contributed by atoms with E-state index in [2.05, 4.69) is 55.4 Å². The quantitative estimate of drug-likeness (QED) is 0.756. The van der Waals surface area contributed by atoms with Crippen LogP contribution in [0.15, 0.2) is 42.9 Å². The predicted octanol–water partition coefficient (Wildman–Crippen LogP) is 2.44. The molecule has 3 heterocycles. The number of nitrogens with one attached hydrogen (secondary N) is 2. The molecule has 156 valence electrons. The molecule has 1 aromatic heterocycles. The lowest BCUT2D eigenvalue weighted by Crippen LogP contribution is -2.50. The highest BCUT2D eigenvalue weighted by Gasteiger charge is 2.31. The molecule has 0 bridgehead atoms. The second-order valence-electron chi connectivity index (χ2n) is 8.44. The van der Waals surface area contributed by atoms with Crippen LogP contribution in [0.2, 0.25) is 0 Å². The molecule has 6 nitrogen and oxygen atoms in total. The van der Waals surface area contributed by atoms with E-state index in [1.165, 1.54) is 18.4 Å². The zero-order valence-corrected chi connectivity index (χ0v) is 17.2. The first-order valence-electron chi connectivity index (χ1n) is 11.0. The van der Waals surface area contributed by atoms with Crippen molar-refractivity contribution in [1.29, 1.82) is 0 Å². The average molecular weight is 396 g/mol. The van der Waals surface area contributed by atoms with Gasteiger partial charge in [0.2, 0.25) is 5.91 Å². The fourth-order valence-electron chi connectivity index (χ4n) is 4.72. The Kier molecular flexibility index (Phi) is 6.96. The monoisotopic (exact) mass is 395 g/mol. The highest BCUT2D eigenvalue weighted by molar-refractivity contribution is 5.78. The second kappa shape index (κ2) is 10.0. The molecule has 2 aromatic rings. The normalized spacial score (nSPS) is 21.9. The number of nitrogens with zero attached hydrogens (tertiary/aromatic N) is 3. The van der Waals surface area contributed by atoms with Gasteiger partial charge in [0.15, 0.2) is 0 Å². The molecule has 1 atom stereocenters. The molecule has 1 aromatic carbocycles. The van der Waals surface area contributed by atoms with E-state index in [0.717, 1.165) is 57.7 Å². The van der Waals surface area contributed by atoms with Gasteiger partial charge in [-0.1, -0.05) is 30.3 Å². The largest absolute Gasteiger partial charge is 0.355 e. The van der Waals surface area contributed by atoms with Crippen molar-refractivity contribution in [2.75, 3.05) is 32.7 Å². The maximum atomic E-state index is 12.6. The average Bonchev–Trinajstić information content (AvgIpc) is 3.29. The molecule has 4 rings (SSSR count). The van der Waals surface area contributed by atoms with E-state index in [-0.39, 0.29) is 11.8 Å². The number of piperidine rings is 2. The van der Waals surface area contributed by atoms with Crippen LogP contribution in [-0.2, 0) is 17.8 Å². The lowest BCUT2D eigenvalue weighted by molar-refractivity contribution is -0.127. The summed E-state index contributed by atoms with van der Waals surface area (Å²) in [4.78, 5) is 24.9. The van der Waals surface area contributed by atoms with E-state index in [1.54, 1.807) is 6.33 Å². The van der Waals surface area contributed by atoms with Gasteiger partial charge in [-0.2, -0.15) is 0 Å². The SMILES string of the molecule is O=C(NCCc1cnc[nH]1)[C@H]1CCCN(C2CCN(Cc3ccccc3)CC2)C1. The van der Waals surface area contributed by atoms with Gasteiger partial charge in [0.1, 0.15) is 0 Å². The summed E-state index contributed by atoms with van der Waals surface area (Å²) >= 11 is 0. The van der Waals surface area contributed by atoms with Crippen LogP contribution in [0.3, 0.4) is 0 Å². The molecule has 0 saturated carbocycles. The van der Waals surface area contributed by atoms with E-state index < -0.39 is 0 Å². The van der Waals surface area contributed by atoms with E-state index in [9.17, 15) is 4.79 Å². The number of rotatable bonds is 7. The third-order valence-electron chi connectivity index (χ3n) is 6.39. The summed E-state index contributed by atoms with van der Waals surface area (Å²) in [5.41, 5.74) is 2.47. The molecule has 2 N–H and O–H groups in total. The van der Waals surface area contributed by atoms with Crippen molar-refractivity contribution in [3.8, 4) is 0 Å². The van der Waals surface area contributed by atoms with Gasteiger partial charge in [-0.25, -0.2) is 4.98 Å². The molecular formula is C23H33N5O. The Morgan fingerprint density at radius 2 is 1.97 bits per heavy atom. The third kappa shape index (κ3) is 5.67. The fraction of sp³-hybridized carbons (Fsp3) is 0.565. The van der Waals surface area contributed by atoms with Crippen molar-refractivity contribution < 1.29 is 4.79 Å². The van der Waals surface area contributed by atoms with E-state index in [1.807, 2.05) is 6.20 Å². The van der Waals surface area contributed by atoms with Crippen LogP contribution in [-0.4, -0.2) is 64.4 Å². The van der Waals surface area contributed by atoms with Crippen molar-refractivity contribution in [2.24, 2.45) is 5.92 Å². The fourth-order valence-corrected chi connectivity index (χ4v) is 4.72. The number of H-pyrrole nitrogens is 1. The number of hydrogen-bond acceptors (Lipinski definition) is 4. The minimum atomic E-state index is 0.132. The molecule has 2 aliphatic heterocycles. The summed E-state index contributed by atoms with van der Waals surface area (Å²) < 4.78 is 0. The smallest absolute Gasteiger partial charge is 0.224 e. The minimum Gasteiger partial charge on any atom is -0.355 e. The Balaban J connectivity index is 1.20. The first-order valence-corrected chi connectivity index (χ1v) is 11.0. The molecule has 2 aliphatic rings. The molecule has 0 aliphatic carbocycles. The van der Waals surface area contributed by atoms with Gasteiger partial charge < -0.3 is 10.3 Å². The standard InChI is InChI=1S/C23H33N5O/c29-23(25-11-8-21-15-24-18-26-21)20-7-4-12-28(17-20)22-9-13-27(14-10-22)16-19-5-2-1-3-6-19/h1-3,5-6,15,18,20,22H,4,7-14,16-17H2,(H,24,26)(H,25,29)/t20-/m0/s1. The summed E-state index contributed by atoms with van der Waals surface area (Å²) in [5.74, 6) is 0.351. The van der Waals surface area contributed by atoms with Crippen LogP contribution in [0.4, 0.5) is 0 Å². The zero-order chi connectivity index (χ0) is 19.9. The van der Waals surface area contributed by atoms with Crippen LogP contribution in [0, 0.1) is 5.92 Å². The van der Waals surface area contributed by atoms with Crippen molar-refractivity contribution >= 4 is 5.91 Å².